The Morgan fingerprint density at radius 1 is 1.42 bits per heavy atom. The van der Waals surface area contributed by atoms with Crippen LogP contribution in [0.5, 0.6) is 0 Å². The number of hydrogen-bond donors (Lipinski definition) is 1. The van der Waals surface area contributed by atoms with Crippen molar-refractivity contribution in [3.8, 4) is 0 Å². The van der Waals surface area contributed by atoms with E-state index in [4.69, 9.17) is 4.74 Å². The second kappa shape index (κ2) is 5.76. The van der Waals surface area contributed by atoms with Gasteiger partial charge in [-0.05, 0) is 38.0 Å². The molecule has 106 valence electrons. The zero-order valence-corrected chi connectivity index (χ0v) is 11.8. The first-order chi connectivity index (χ1) is 9.08. The maximum absolute atomic E-state index is 12.0. The molecule has 0 radical (unpaired) electrons. The normalized spacial score (nSPS) is 31.5. The Balaban J connectivity index is 1.87. The van der Waals surface area contributed by atoms with Gasteiger partial charge in [0.1, 0.15) is 12.4 Å². The molecule has 0 aromatic carbocycles. The molecule has 0 aromatic rings. The maximum Gasteiger partial charge on any atom is 0.407 e. The molecule has 4 heteroatoms. The number of carbonyl (C=O) groups is 2. The number of alkyl carbamates (subject to hydrolysis) is 1. The van der Waals surface area contributed by atoms with Gasteiger partial charge in [0.05, 0.1) is 5.41 Å². The van der Waals surface area contributed by atoms with E-state index >= 15 is 0 Å². The molecule has 0 heterocycles. The predicted molar refractivity (Wildman–Crippen MR) is 72.7 cm³/mol. The van der Waals surface area contributed by atoms with Crippen LogP contribution in [-0.4, -0.2) is 25.0 Å². The summed E-state index contributed by atoms with van der Waals surface area (Å²) in [7, 11) is 0. The second-order valence-corrected chi connectivity index (χ2v) is 5.76. The quantitative estimate of drug-likeness (QED) is 0.593. The molecule has 2 aliphatic rings. The van der Waals surface area contributed by atoms with E-state index < -0.39 is 11.5 Å². The number of nitrogens with one attached hydrogen (secondary N) is 1. The van der Waals surface area contributed by atoms with E-state index in [0.717, 1.165) is 25.7 Å². The smallest absolute Gasteiger partial charge is 0.407 e. The van der Waals surface area contributed by atoms with Crippen molar-refractivity contribution in [1.29, 1.82) is 0 Å². The Morgan fingerprint density at radius 2 is 2.21 bits per heavy atom. The number of Topliss-reactive ketones (excluding diaryl/α,β-unsaturated/α-hetero) is 1. The van der Waals surface area contributed by atoms with Crippen molar-refractivity contribution >= 4 is 11.9 Å². The van der Waals surface area contributed by atoms with Crippen molar-refractivity contribution in [2.45, 2.75) is 39.5 Å². The van der Waals surface area contributed by atoms with Crippen LogP contribution < -0.4 is 5.32 Å². The first kappa shape index (κ1) is 14.1. The first-order valence-electron chi connectivity index (χ1n) is 7.18. The van der Waals surface area contributed by atoms with Crippen LogP contribution in [0.3, 0.4) is 0 Å². The Labute approximate surface area is 114 Å². The van der Waals surface area contributed by atoms with Crippen LogP contribution in [0.2, 0.25) is 0 Å². The van der Waals surface area contributed by atoms with Gasteiger partial charge in [0.25, 0.3) is 0 Å². The highest BCUT2D eigenvalue weighted by Crippen LogP contribution is 2.52. The van der Waals surface area contributed by atoms with Crippen molar-refractivity contribution in [2.75, 3.05) is 13.2 Å². The number of rotatable bonds is 6. The van der Waals surface area contributed by atoms with Gasteiger partial charge >= 0.3 is 6.09 Å². The lowest BCUT2D eigenvalue weighted by atomic mass is 9.73. The third-order valence-electron chi connectivity index (χ3n) is 4.47. The molecule has 2 rings (SSSR count). The molecule has 2 aliphatic carbocycles. The second-order valence-electron chi connectivity index (χ2n) is 5.76. The fourth-order valence-corrected chi connectivity index (χ4v) is 3.24. The number of hydrogen-bond acceptors (Lipinski definition) is 3. The van der Waals surface area contributed by atoms with Crippen LogP contribution in [0.15, 0.2) is 12.2 Å². The number of fused-ring (bicyclic) bond motifs is 2. The van der Waals surface area contributed by atoms with E-state index in [1.54, 1.807) is 6.92 Å². The molecule has 0 spiro atoms. The van der Waals surface area contributed by atoms with Crippen LogP contribution in [0.25, 0.3) is 0 Å². The third kappa shape index (κ3) is 2.82. The van der Waals surface area contributed by atoms with Crippen LogP contribution in [-0.2, 0) is 9.53 Å². The van der Waals surface area contributed by atoms with E-state index in [1.807, 2.05) is 0 Å². The van der Waals surface area contributed by atoms with E-state index in [9.17, 15) is 9.59 Å². The molecule has 19 heavy (non-hydrogen) atoms. The summed E-state index contributed by atoms with van der Waals surface area (Å²) in [6.45, 7) is 4.53. The molecule has 0 aromatic heterocycles. The van der Waals surface area contributed by atoms with Gasteiger partial charge in [0.15, 0.2) is 0 Å². The topological polar surface area (TPSA) is 55.4 Å². The van der Waals surface area contributed by atoms with E-state index in [1.165, 1.54) is 0 Å². The molecule has 2 bridgehead atoms. The van der Waals surface area contributed by atoms with Gasteiger partial charge in [-0.3, -0.25) is 4.79 Å². The minimum atomic E-state index is -0.471. The number of ketones is 1. The highest BCUT2D eigenvalue weighted by Gasteiger charge is 2.52. The largest absolute Gasteiger partial charge is 0.448 e. The predicted octanol–water partition coefficient (Wildman–Crippen LogP) is 2.68. The van der Waals surface area contributed by atoms with Crippen LogP contribution in [0.1, 0.15) is 39.5 Å². The fraction of sp³-hybridized carbons (Fsp3) is 0.733. The van der Waals surface area contributed by atoms with Gasteiger partial charge in [-0.2, -0.15) is 0 Å². The van der Waals surface area contributed by atoms with E-state index in [2.05, 4.69) is 24.4 Å². The van der Waals surface area contributed by atoms with Crippen molar-refractivity contribution < 1.29 is 14.3 Å². The number of amides is 1. The standard InChI is InChI=1S/C15H23NO3/c1-3-4-7-16-14(18)19-10-15(11(2)17)9-12-5-6-13(15)8-12/h5-6,12-13H,3-4,7-10H2,1-2H3,(H,16,18)/t12-,13+,15+/m1/s1. The van der Waals surface area contributed by atoms with Crippen molar-refractivity contribution in [1.82, 2.24) is 5.32 Å². The van der Waals surface area contributed by atoms with Gasteiger partial charge in [0, 0.05) is 6.54 Å². The molecule has 1 saturated carbocycles. The molecule has 1 amide bonds. The van der Waals surface area contributed by atoms with Crippen molar-refractivity contribution in [3.05, 3.63) is 12.2 Å². The van der Waals surface area contributed by atoms with Crippen LogP contribution in [0.4, 0.5) is 4.79 Å². The summed E-state index contributed by atoms with van der Waals surface area (Å²) in [5.74, 6) is 0.879. The summed E-state index contributed by atoms with van der Waals surface area (Å²) < 4.78 is 5.29. The SMILES string of the molecule is CCCCNC(=O)OC[C@]1(C(C)=O)C[C@@H]2C=C[C@H]1C2. The van der Waals surface area contributed by atoms with Crippen molar-refractivity contribution in [3.63, 3.8) is 0 Å². The van der Waals surface area contributed by atoms with Gasteiger partial charge in [0.2, 0.25) is 0 Å². The molecule has 0 unspecified atom stereocenters. The number of carbonyl (C=O) groups excluding carboxylic acids is 2. The van der Waals surface area contributed by atoms with Crippen molar-refractivity contribution in [2.24, 2.45) is 17.3 Å². The molecule has 3 atom stereocenters. The minimum Gasteiger partial charge on any atom is -0.448 e. The average Bonchev–Trinajstić information content (AvgIpc) is 2.97. The highest BCUT2D eigenvalue weighted by atomic mass is 16.5. The lowest BCUT2D eigenvalue weighted by molar-refractivity contribution is -0.130. The van der Waals surface area contributed by atoms with Gasteiger partial charge in [-0.15, -0.1) is 0 Å². The lowest BCUT2D eigenvalue weighted by Crippen LogP contribution is -2.40. The van der Waals surface area contributed by atoms with Crippen LogP contribution >= 0.6 is 0 Å². The summed E-state index contributed by atoms with van der Waals surface area (Å²) in [5.41, 5.74) is -0.471. The Bertz CT molecular complexity index is 391. The van der Waals surface area contributed by atoms with Gasteiger partial charge in [-0.25, -0.2) is 4.79 Å². The fourth-order valence-electron chi connectivity index (χ4n) is 3.24. The molecule has 4 nitrogen and oxygen atoms in total. The monoisotopic (exact) mass is 265 g/mol. The molecule has 0 saturated heterocycles. The minimum absolute atomic E-state index is 0.144. The Kier molecular flexibility index (Phi) is 4.27. The summed E-state index contributed by atoms with van der Waals surface area (Å²) in [5, 5.41) is 2.72. The maximum atomic E-state index is 12.0. The first-order valence-corrected chi connectivity index (χ1v) is 7.18. The summed E-state index contributed by atoms with van der Waals surface area (Å²) in [4.78, 5) is 23.6. The van der Waals surface area contributed by atoms with E-state index in [0.29, 0.717) is 12.5 Å². The molecular formula is C15H23NO3. The van der Waals surface area contributed by atoms with Gasteiger partial charge < -0.3 is 10.1 Å². The number of allylic oxidation sites excluding steroid dienone is 2. The summed E-state index contributed by atoms with van der Waals surface area (Å²) in [6.07, 6.45) is 7.74. The molecule has 1 N–H and O–H groups in total. The van der Waals surface area contributed by atoms with Gasteiger partial charge in [-0.1, -0.05) is 25.5 Å². The summed E-state index contributed by atoms with van der Waals surface area (Å²) in [6, 6.07) is 0. The molecule has 0 aliphatic heterocycles. The average molecular weight is 265 g/mol. The zero-order chi connectivity index (χ0) is 13.9. The lowest BCUT2D eigenvalue weighted by Gasteiger charge is -2.32. The summed E-state index contributed by atoms with van der Waals surface area (Å²) >= 11 is 0. The number of unbranched alkanes of at least 4 members (excludes halogenated alkanes) is 1. The Morgan fingerprint density at radius 3 is 2.74 bits per heavy atom. The third-order valence-corrected chi connectivity index (χ3v) is 4.47. The molecular weight excluding hydrogens is 242 g/mol. The zero-order valence-electron chi connectivity index (χ0n) is 11.8. The number of ether oxygens (including phenoxy) is 1. The highest BCUT2D eigenvalue weighted by molar-refractivity contribution is 5.84. The molecule has 1 fully saturated rings. The van der Waals surface area contributed by atoms with Crippen LogP contribution in [0, 0.1) is 17.3 Å². The Hall–Kier alpha value is -1.32. The van der Waals surface area contributed by atoms with E-state index in [-0.39, 0.29) is 18.3 Å².